The Hall–Kier alpha value is -1.09. The molecule has 19 heavy (non-hydrogen) atoms. The second-order valence-electron chi connectivity index (χ2n) is 6.18. The molecule has 1 rings (SSSR count). The van der Waals surface area contributed by atoms with Gasteiger partial charge in [-0.25, -0.2) is 0 Å². The van der Waals surface area contributed by atoms with Crippen LogP contribution in [0.25, 0.3) is 0 Å². The molecule has 3 heteroatoms. The fourth-order valence-electron chi connectivity index (χ4n) is 2.33. The molecule has 0 atom stereocenters. The Morgan fingerprint density at radius 3 is 2.21 bits per heavy atom. The first kappa shape index (κ1) is 16.0. The van der Waals surface area contributed by atoms with E-state index in [9.17, 15) is 4.79 Å². The van der Waals surface area contributed by atoms with Gasteiger partial charge in [0.25, 0.3) is 0 Å². The SMILES string of the molecule is Cc1cc(C(=O)CN(CC(C)C)C(C)C)c(C)n1C. The molecule has 0 radical (unpaired) electrons. The molecule has 1 heterocycles. The number of Topliss-reactive ketones (excluding diaryl/α,β-unsaturated/α-hetero) is 1. The Labute approximate surface area is 117 Å². The van der Waals surface area contributed by atoms with Crippen molar-refractivity contribution in [3.63, 3.8) is 0 Å². The van der Waals surface area contributed by atoms with E-state index in [0.29, 0.717) is 18.5 Å². The number of aryl methyl sites for hydroxylation is 1. The van der Waals surface area contributed by atoms with Crippen LogP contribution >= 0.6 is 0 Å². The van der Waals surface area contributed by atoms with Gasteiger partial charge in [0.15, 0.2) is 5.78 Å². The summed E-state index contributed by atoms with van der Waals surface area (Å²) in [6, 6.07) is 2.41. The first-order valence-electron chi connectivity index (χ1n) is 7.14. The van der Waals surface area contributed by atoms with Crippen LogP contribution in [0.15, 0.2) is 6.07 Å². The largest absolute Gasteiger partial charge is 0.351 e. The molecule has 0 spiro atoms. The van der Waals surface area contributed by atoms with Gasteiger partial charge < -0.3 is 4.57 Å². The second-order valence-corrected chi connectivity index (χ2v) is 6.18. The van der Waals surface area contributed by atoms with E-state index in [-0.39, 0.29) is 5.78 Å². The average Bonchev–Trinajstić information content (AvgIpc) is 2.55. The third-order valence-corrected chi connectivity index (χ3v) is 3.75. The smallest absolute Gasteiger partial charge is 0.178 e. The van der Waals surface area contributed by atoms with Crippen LogP contribution in [0.5, 0.6) is 0 Å². The molecule has 0 N–H and O–H groups in total. The zero-order valence-electron chi connectivity index (χ0n) is 13.4. The van der Waals surface area contributed by atoms with E-state index in [0.717, 1.165) is 23.5 Å². The number of nitrogens with zero attached hydrogens (tertiary/aromatic N) is 2. The quantitative estimate of drug-likeness (QED) is 0.737. The van der Waals surface area contributed by atoms with Crippen LogP contribution in [-0.4, -0.2) is 34.4 Å². The molecule has 1 aromatic rings. The van der Waals surface area contributed by atoms with Gasteiger partial charge >= 0.3 is 0 Å². The number of hydrogen-bond donors (Lipinski definition) is 0. The number of rotatable bonds is 6. The van der Waals surface area contributed by atoms with Crippen molar-refractivity contribution in [2.75, 3.05) is 13.1 Å². The van der Waals surface area contributed by atoms with E-state index in [1.807, 2.05) is 27.0 Å². The number of carbonyl (C=O) groups excluding carboxylic acids is 1. The number of hydrogen-bond acceptors (Lipinski definition) is 2. The Morgan fingerprint density at radius 2 is 1.84 bits per heavy atom. The highest BCUT2D eigenvalue weighted by atomic mass is 16.1. The normalized spacial score (nSPS) is 11.9. The van der Waals surface area contributed by atoms with Crippen LogP contribution in [0.2, 0.25) is 0 Å². The lowest BCUT2D eigenvalue weighted by atomic mass is 10.1. The molecule has 0 aliphatic heterocycles. The summed E-state index contributed by atoms with van der Waals surface area (Å²) in [6.45, 7) is 14.2. The molecule has 0 bridgehead atoms. The van der Waals surface area contributed by atoms with Crippen LogP contribution in [0.3, 0.4) is 0 Å². The number of aromatic nitrogens is 1. The minimum absolute atomic E-state index is 0.232. The van der Waals surface area contributed by atoms with Gasteiger partial charge in [-0.2, -0.15) is 0 Å². The molecule has 0 fully saturated rings. The number of ketones is 1. The van der Waals surface area contributed by atoms with Crippen molar-refractivity contribution in [2.45, 2.75) is 47.6 Å². The zero-order chi connectivity index (χ0) is 14.7. The van der Waals surface area contributed by atoms with E-state index >= 15 is 0 Å². The molecule has 1 aromatic heterocycles. The van der Waals surface area contributed by atoms with Gasteiger partial charge in [0.1, 0.15) is 0 Å². The number of carbonyl (C=O) groups is 1. The van der Waals surface area contributed by atoms with Crippen molar-refractivity contribution in [2.24, 2.45) is 13.0 Å². The molecule has 0 aliphatic rings. The highest BCUT2D eigenvalue weighted by molar-refractivity contribution is 5.99. The molecule has 0 saturated carbocycles. The molecular weight excluding hydrogens is 236 g/mol. The van der Waals surface area contributed by atoms with Crippen LogP contribution in [-0.2, 0) is 7.05 Å². The van der Waals surface area contributed by atoms with Crippen LogP contribution in [0.1, 0.15) is 49.4 Å². The molecule has 108 valence electrons. The summed E-state index contributed by atoms with van der Waals surface area (Å²) in [5, 5.41) is 0. The Morgan fingerprint density at radius 1 is 1.26 bits per heavy atom. The minimum atomic E-state index is 0.232. The van der Waals surface area contributed by atoms with Crippen molar-refractivity contribution < 1.29 is 4.79 Å². The maximum absolute atomic E-state index is 12.5. The van der Waals surface area contributed by atoms with E-state index in [4.69, 9.17) is 0 Å². The van der Waals surface area contributed by atoms with Gasteiger partial charge in [0.2, 0.25) is 0 Å². The molecule has 0 aliphatic carbocycles. The lowest BCUT2D eigenvalue weighted by Gasteiger charge is -2.27. The summed E-state index contributed by atoms with van der Waals surface area (Å²) in [7, 11) is 2.01. The Bertz CT molecular complexity index is 444. The second kappa shape index (κ2) is 6.38. The van der Waals surface area contributed by atoms with E-state index in [1.165, 1.54) is 0 Å². The van der Waals surface area contributed by atoms with Gasteiger partial charge in [0.05, 0.1) is 6.54 Å². The van der Waals surface area contributed by atoms with Gasteiger partial charge in [-0.15, -0.1) is 0 Å². The molecule has 0 saturated heterocycles. The average molecular weight is 264 g/mol. The molecule has 0 amide bonds. The molecular formula is C16H28N2O. The summed E-state index contributed by atoms with van der Waals surface area (Å²) in [4.78, 5) is 14.7. The standard InChI is InChI=1S/C16H28N2O/c1-11(2)9-18(12(3)4)10-16(19)15-8-13(5)17(7)14(15)6/h8,11-12H,9-10H2,1-7H3. The first-order chi connectivity index (χ1) is 8.73. The lowest BCUT2D eigenvalue weighted by molar-refractivity contribution is 0.0892. The maximum Gasteiger partial charge on any atom is 0.178 e. The lowest BCUT2D eigenvalue weighted by Crippen LogP contribution is -2.38. The monoisotopic (exact) mass is 264 g/mol. The molecule has 3 nitrogen and oxygen atoms in total. The van der Waals surface area contributed by atoms with Crippen molar-refractivity contribution >= 4 is 5.78 Å². The van der Waals surface area contributed by atoms with E-state index in [1.54, 1.807) is 0 Å². The van der Waals surface area contributed by atoms with E-state index < -0.39 is 0 Å². The van der Waals surface area contributed by atoms with Gasteiger partial charge in [-0.3, -0.25) is 9.69 Å². The van der Waals surface area contributed by atoms with Crippen molar-refractivity contribution in [3.8, 4) is 0 Å². The van der Waals surface area contributed by atoms with E-state index in [2.05, 4.69) is 37.2 Å². The van der Waals surface area contributed by atoms with Crippen LogP contribution in [0.4, 0.5) is 0 Å². The fraction of sp³-hybridized carbons (Fsp3) is 0.688. The summed E-state index contributed by atoms with van der Waals surface area (Å²) in [5.74, 6) is 0.810. The van der Waals surface area contributed by atoms with Gasteiger partial charge in [-0.1, -0.05) is 13.8 Å². The summed E-state index contributed by atoms with van der Waals surface area (Å²) in [5.41, 5.74) is 3.07. The third-order valence-electron chi connectivity index (χ3n) is 3.75. The molecule has 0 unspecified atom stereocenters. The topological polar surface area (TPSA) is 25.2 Å². The summed E-state index contributed by atoms with van der Waals surface area (Å²) in [6.07, 6.45) is 0. The molecule has 0 aromatic carbocycles. The van der Waals surface area contributed by atoms with Crippen molar-refractivity contribution in [1.29, 1.82) is 0 Å². The predicted molar refractivity (Wildman–Crippen MR) is 80.8 cm³/mol. The van der Waals surface area contributed by atoms with Crippen LogP contribution in [0, 0.1) is 19.8 Å². The fourth-order valence-corrected chi connectivity index (χ4v) is 2.33. The maximum atomic E-state index is 12.5. The van der Waals surface area contributed by atoms with Crippen LogP contribution < -0.4 is 0 Å². The van der Waals surface area contributed by atoms with Crippen molar-refractivity contribution in [1.82, 2.24) is 9.47 Å². The Kier molecular flexibility index (Phi) is 5.36. The van der Waals surface area contributed by atoms with Gasteiger partial charge in [0, 0.05) is 36.6 Å². The first-order valence-corrected chi connectivity index (χ1v) is 7.14. The summed E-state index contributed by atoms with van der Waals surface area (Å²) >= 11 is 0. The van der Waals surface area contributed by atoms with Crippen molar-refractivity contribution in [3.05, 3.63) is 23.0 Å². The highest BCUT2D eigenvalue weighted by Gasteiger charge is 2.19. The predicted octanol–water partition coefficient (Wildman–Crippen LogP) is 3.19. The highest BCUT2D eigenvalue weighted by Crippen LogP contribution is 2.15. The zero-order valence-corrected chi connectivity index (χ0v) is 13.4. The Balaban J connectivity index is 2.85. The van der Waals surface area contributed by atoms with Gasteiger partial charge in [-0.05, 0) is 39.7 Å². The summed E-state index contributed by atoms with van der Waals surface area (Å²) < 4.78 is 2.08. The third kappa shape index (κ3) is 3.93. The minimum Gasteiger partial charge on any atom is -0.351 e.